The molecule has 3 aromatic rings. The highest BCUT2D eigenvalue weighted by atomic mass is 19.4. The summed E-state index contributed by atoms with van der Waals surface area (Å²) in [5.74, 6) is -0.555. The predicted octanol–water partition coefficient (Wildman–Crippen LogP) is 3.68. The molecule has 1 aliphatic heterocycles. The first kappa shape index (κ1) is 20.2. The third kappa shape index (κ3) is 4.25. The molecule has 1 saturated heterocycles. The van der Waals surface area contributed by atoms with Crippen LogP contribution >= 0.6 is 0 Å². The standard InChI is InChI=1S/C21H21F3N4O2/c1-14-3-2-6-28-13-15(25-20(14)28)11-19(29)26-18-5-4-16(12-17(18)21(22,23)24)27-7-9-30-10-8-27/h2-6,12-13H,7-11H2,1H3,(H,26,29). The van der Waals surface area contributed by atoms with E-state index in [0.29, 0.717) is 43.3 Å². The highest BCUT2D eigenvalue weighted by Gasteiger charge is 2.35. The number of pyridine rings is 1. The first-order chi connectivity index (χ1) is 14.3. The van der Waals surface area contributed by atoms with Crippen LogP contribution in [-0.4, -0.2) is 41.6 Å². The number of aromatic nitrogens is 2. The van der Waals surface area contributed by atoms with Gasteiger partial charge in [-0.3, -0.25) is 4.79 Å². The summed E-state index contributed by atoms with van der Waals surface area (Å²) in [6.07, 6.45) is -1.20. The van der Waals surface area contributed by atoms with Gasteiger partial charge < -0.3 is 19.4 Å². The lowest BCUT2D eigenvalue weighted by atomic mass is 10.1. The second kappa shape index (κ2) is 7.98. The molecule has 1 aromatic carbocycles. The van der Waals surface area contributed by atoms with Crippen LogP contribution in [0.25, 0.3) is 5.65 Å². The molecule has 0 aliphatic carbocycles. The molecule has 0 unspecified atom stereocenters. The average Bonchev–Trinajstić information content (AvgIpc) is 3.12. The van der Waals surface area contributed by atoms with E-state index in [1.165, 1.54) is 6.07 Å². The molecule has 9 heteroatoms. The molecule has 3 heterocycles. The van der Waals surface area contributed by atoms with Gasteiger partial charge in [0.15, 0.2) is 0 Å². The van der Waals surface area contributed by atoms with Crippen molar-refractivity contribution in [2.24, 2.45) is 0 Å². The number of fused-ring (bicyclic) bond motifs is 1. The van der Waals surface area contributed by atoms with Gasteiger partial charge in [-0.15, -0.1) is 0 Å². The Morgan fingerprint density at radius 2 is 2.00 bits per heavy atom. The van der Waals surface area contributed by atoms with Crippen LogP contribution in [-0.2, 0) is 22.1 Å². The molecule has 0 radical (unpaired) electrons. The number of rotatable bonds is 4. The molecular formula is C21H21F3N4O2. The largest absolute Gasteiger partial charge is 0.418 e. The third-order valence-corrected chi connectivity index (χ3v) is 5.03. The fourth-order valence-electron chi connectivity index (χ4n) is 3.54. The Labute approximate surface area is 171 Å². The molecule has 0 bridgehead atoms. The number of ether oxygens (including phenoxy) is 1. The highest BCUT2D eigenvalue weighted by Crippen LogP contribution is 2.37. The molecule has 1 amide bonds. The van der Waals surface area contributed by atoms with Crippen molar-refractivity contribution in [3.63, 3.8) is 0 Å². The fraction of sp³-hybridized carbons (Fsp3) is 0.333. The maximum absolute atomic E-state index is 13.6. The van der Waals surface area contributed by atoms with Crippen molar-refractivity contribution >= 4 is 22.9 Å². The van der Waals surface area contributed by atoms with Gasteiger partial charge in [0, 0.05) is 31.2 Å². The van der Waals surface area contributed by atoms with E-state index in [4.69, 9.17) is 4.74 Å². The molecule has 0 atom stereocenters. The zero-order valence-electron chi connectivity index (χ0n) is 16.4. The smallest absolute Gasteiger partial charge is 0.378 e. The summed E-state index contributed by atoms with van der Waals surface area (Å²) in [5, 5.41) is 2.40. The van der Waals surface area contributed by atoms with E-state index in [2.05, 4.69) is 10.3 Å². The van der Waals surface area contributed by atoms with Gasteiger partial charge in [0.1, 0.15) is 5.65 Å². The quantitative estimate of drug-likeness (QED) is 0.702. The maximum Gasteiger partial charge on any atom is 0.418 e. The lowest BCUT2D eigenvalue weighted by molar-refractivity contribution is -0.136. The van der Waals surface area contributed by atoms with Crippen LogP contribution in [0.15, 0.2) is 42.7 Å². The molecule has 2 aromatic heterocycles. The van der Waals surface area contributed by atoms with Crippen LogP contribution in [0.3, 0.4) is 0 Å². The second-order valence-corrected chi connectivity index (χ2v) is 7.21. The minimum absolute atomic E-state index is 0.121. The number of nitrogens with one attached hydrogen (secondary N) is 1. The van der Waals surface area contributed by atoms with E-state index in [0.717, 1.165) is 11.6 Å². The van der Waals surface area contributed by atoms with Crippen molar-refractivity contribution in [2.45, 2.75) is 19.5 Å². The van der Waals surface area contributed by atoms with Gasteiger partial charge in [0.25, 0.3) is 0 Å². The lowest BCUT2D eigenvalue weighted by Crippen LogP contribution is -2.36. The number of morpholine rings is 1. The Kier molecular flexibility index (Phi) is 5.38. The first-order valence-electron chi connectivity index (χ1n) is 9.58. The number of alkyl halides is 3. The number of anilines is 2. The zero-order valence-corrected chi connectivity index (χ0v) is 16.4. The van der Waals surface area contributed by atoms with Crippen molar-refractivity contribution in [3.8, 4) is 0 Å². The predicted molar refractivity (Wildman–Crippen MR) is 107 cm³/mol. The lowest BCUT2D eigenvalue weighted by Gasteiger charge is -2.29. The molecule has 30 heavy (non-hydrogen) atoms. The molecule has 1 N–H and O–H groups in total. The van der Waals surface area contributed by atoms with E-state index >= 15 is 0 Å². The van der Waals surface area contributed by atoms with E-state index in [1.807, 2.05) is 30.2 Å². The Bertz CT molecular complexity index is 1070. The van der Waals surface area contributed by atoms with Gasteiger partial charge in [0.05, 0.1) is 36.6 Å². The van der Waals surface area contributed by atoms with Gasteiger partial charge >= 0.3 is 6.18 Å². The number of aryl methyl sites for hydroxylation is 1. The Hall–Kier alpha value is -3.07. The number of halogens is 3. The number of benzene rings is 1. The number of amides is 1. The van der Waals surface area contributed by atoms with Crippen LogP contribution in [0.1, 0.15) is 16.8 Å². The fourth-order valence-corrected chi connectivity index (χ4v) is 3.54. The van der Waals surface area contributed by atoms with Crippen molar-refractivity contribution < 1.29 is 22.7 Å². The molecule has 158 valence electrons. The number of carbonyl (C=O) groups excluding carboxylic acids is 1. The monoisotopic (exact) mass is 418 g/mol. The number of hydrogen-bond acceptors (Lipinski definition) is 4. The van der Waals surface area contributed by atoms with Crippen LogP contribution in [0, 0.1) is 6.92 Å². The summed E-state index contributed by atoms with van der Waals surface area (Å²) in [4.78, 5) is 18.7. The minimum Gasteiger partial charge on any atom is -0.378 e. The van der Waals surface area contributed by atoms with E-state index in [-0.39, 0.29) is 12.1 Å². The van der Waals surface area contributed by atoms with Gasteiger partial charge in [-0.05, 0) is 36.8 Å². The van der Waals surface area contributed by atoms with E-state index in [1.54, 1.807) is 16.7 Å². The normalized spacial score (nSPS) is 14.9. The third-order valence-electron chi connectivity index (χ3n) is 5.03. The number of hydrogen-bond donors (Lipinski definition) is 1. The topological polar surface area (TPSA) is 58.9 Å². The summed E-state index contributed by atoms with van der Waals surface area (Å²) >= 11 is 0. The molecule has 1 fully saturated rings. The van der Waals surface area contributed by atoms with E-state index in [9.17, 15) is 18.0 Å². The van der Waals surface area contributed by atoms with Crippen LogP contribution in [0.5, 0.6) is 0 Å². The number of carbonyl (C=O) groups is 1. The van der Waals surface area contributed by atoms with Crippen molar-refractivity contribution in [1.82, 2.24) is 9.38 Å². The summed E-state index contributed by atoms with van der Waals surface area (Å²) in [6, 6.07) is 7.73. The summed E-state index contributed by atoms with van der Waals surface area (Å²) in [6.45, 7) is 3.89. The molecule has 0 saturated carbocycles. The first-order valence-corrected chi connectivity index (χ1v) is 9.58. The van der Waals surface area contributed by atoms with Gasteiger partial charge in [-0.25, -0.2) is 4.98 Å². The Morgan fingerprint density at radius 1 is 1.23 bits per heavy atom. The Balaban J connectivity index is 1.54. The summed E-state index contributed by atoms with van der Waals surface area (Å²) in [5.41, 5.74) is 1.48. The minimum atomic E-state index is -4.59. The van der Waals surface area contributed by atoms with Crippen molar-refractivity contribution in [2.75, 3.05) is 36.5 Å². The number of nitrogens with zero attached hydrogens (tertiary/aromatic N) is 3. The molecular weight excluding hydrogens is 397 g/mol. The van der Waals surface area contributed by atoms with Crippen LogP contribution < -0.4 is 10.2 Å². The molecule has 4 rings (SSSR count). The summed E-state index contributed by atoms with van der Waals surface area (Å²) < 4.78 is 48.0. The van der Waals surface area contributed by atoms with Crippen LogP contribution in [0.2, 0.25) is 0 Å². The molecule has 6 nitrogen and oxygen atoms in total. The maximum atomic E-state index is 13.6. The zero-order chi connectivity index (χ0) is 21.3. The van der Waals surface area contributed by atoms with Crippen molar-refractivity contribution in [1.29, 1.82) is 0 Å². The second-order valence-electron chi connectivity index (χ2n) is 7.21. The van der Waals surface area contributed by atoms with Crippen molar-refractivity contribution in [3.05, 3.63) is 59.5 Å². The van der Waals surface area contributed by atoms with E-state index < -0.39 is 17.6 Å². The average molecular weight is 418 g/mol. The summed E-state index contributed by atoms with van der Waals surface area (Å²) in [7, 11) is 0. The van der Waals surface area contributed by atoms with Gasteiger partial charge in [-0.2, -0.15) is 13.2 Å². The Morgan fingerprint density at radius 3 is 2.70 bits per heavy atom. The molecule has 1 aliphatic rings. The SMILES string of the molecule is Cc1cccn2cc(CC(=O)Nc3ccc(N4CCOCC4)cc3C(F)(F)F)nc12. The van der Waals surface area contributed by atoms with Gasteiger partial charge in [-0.1, -0.05) is 6.07 Å². The van der Waals surface area contributed by atoms with Gasteiger partial charge in [0.2, 0.25) is 5.91 Å². The number of imidazole rings is 1. The van der Waals surface area contributed by atoms with Crippen LogP contribution in [0.4, 0.5) is 24.5 Å². The molecule has 0 spiro atoms. The highest BCUT2D eigenvalue weighted by molar-refractivity contribution is 5.93.